The molecule has 0 spiro atoms. The van der Waals surface area contributed by atoms with E-state index < -0.39 is 6.67 Å². The van der Waals surface area contributed by atoms with Crippen LogP contribution in [-0.4, -0.2) is 16.2 Å². The molecular formula is C17H16BrFN2OS. The van der Waals surface area contributed by atoms with Crippen molar-refractivity contribution < 1.29 is 4.39 Å². The van der Waals surface area contributed by atoms with Gasteiger partial charge in [-0.3, -0.25) is 9.36 Å². The molecule has 6 heteroatoms. The molecule has 23 heavy (non-hydrogen) atoms. The molecule has 0 unspecified atom stereocenters. The zero-order valence-electron chi connectivity index (χ0n) is 12.7. The van der Waals surface area contributed by atoms with Gasteiger partial charge >= 0.3 is 0 Å². The highest BCUT2D eigenvalue weighted by atomic mass is 79.9. The average Bonchev–Trinajstić information content (AvgIpc) is 2.96. The van der Waals surface area contributed by atoms with Crippen LogP contribution in [0.3, 0.4) is 0 Å². The maximum absolute atomic E-state index is 12.9. The van der Waals surface area contributed by atoms with E-state index in [1.54, 1.807) is 0 Å². The molecule has 3 rings (SSSR count). The van der Waals surface area contributed by atoms with E-state index >= 15 is 0 Å². The van der Waals surface area contributed by atoms with Gasteiger partial charge in [0.1, 0.15) is 17.3 Å². The topological polar surface area (TPSA) is 34.9 Å². The number of aryl methyl sites for hydroxylation is 1. The molecule has 0 saturated carbocycles. The monoisotopic (exact) mass is 394 g/mol. The Morgan fingerprint density at radius 3 is 2.70 bits per heavy atom. The SMILES string of the molecule is CCCc1nc2scc(-c3ccc(Br)cc3)c2c(=O)n1CCF. The number of hydrogen-bond acceptors (Lipinski definition) is 3. The molecule has 0 bridgehead atoms. The number of nitrogens with zero attached hydrogens (tertiary/aromatic N) is 2. The van der Waals surface area contributed by atoms with Crippen LogP contribution in [-0.2, 0) is 13.0 Å². The maximum Gasteiger partial charge on any atom is 0.262 e. The van der Waals surface area contributed by atoms with Gasteiger partial charge in [-0.1, -0.05) is 35.0 Å². The summed E-state index contributed by atoms with van der Waals surface area (Å²) in [7, 11) is 0. The molecule has 1 aromatic carbocycles. The Morgan fingerprint density at radius 1 is 1.30 bits per heavy atom. The Labute approximate surface area is 145 Å². The molecule has 0 N–H and O–H groups in total. The van der Waals surface area contributed by atoms with Gasteiger partial charge in [0.25, 0.3) is 5.56 Å². The third kappa shape index (κ3) is 3.10. The lowest BCUT2D eigenvalue weighted by atomic mass is 10.1. The van der Waals surface area contributed by atoms with Crippen LogP contribution in [0.4, 0.5) is 4.39 Å². The summed E-state index contributed by atoms with van der Waals surface area (Å²) < 4.78 is 15.4. The zero-order chi connectivity index (χ0) is 16.4. The van der Waals surface area contributed by atoms with Crippen molar-refractivity contribution in [3.05, 3.63) is 50.3 Å². The van der Waals surface area contributed by atoms with Crippen LogP contribution in [0.25, 0.3) is 21.3 Å². The summed E-state index contributed by atoms with van der Waals surface area (Å²) in [5, 5.41) is 2.54. The number of fused-ring (bicyclic) bond motifs is 1. The summed E-state index contributed by atoms with van der Waals surface area (Å²) in [5.41, 5.74) is 1.69. The fourth-order valence-electron chi connectivity index (χ4n) is 2.64. The molecule has 0 amide bonds. The van der Waals surface area contributed by atoms with Crippen molar-refractivity contribution in [1.29, 1.82) is 0 Å². The van der Waals surface area contributed by atoms with E-state index in [1.165, 1.54) is 15.9 Å². The van der Waals surface area contributed by atoms with E-state index in [9.17, 15) is 9.18 Å². The van der Waals surface area contributed by atoms with Gasteiger partial charge in [0, 0.05) is 21.8 Å². The third-order valence-electron chi connectivity index (χ3n) is 3.71. The predicted molar refractivity (Wildman–Crippen MR) is 97.0 cm³/mol. The van der Waals surface area contributed by atoms with Crippen molar-refractivity contribution >= 4 is 37.5 Å². The smallest absolute Gasteiger partial charge is 0.262 e. The van der Waals surface area contributed by atoms with Crippen molar-refractivity contribution in [1.82, 2.24) is 9.55 Å². The molecule has 2 heterocycles. The number of aromatic nitrogens is 2. The third-order valence-corrected chi connectivity index (χ3v) is 5.11. The van der Waals surface area contributed by atoms with Gasteiger partial charge in [0.2, 0.25) is 0 Å². The highest BCUT2D eigenvalue weighted by molar-refractivity contribution is 9.10. The summed E-state index contributed by atoms with van der Waals surface area (Å²) in [6.45, 7) is 1.52. The Balaban J connectivity index is 2.24. The minimum Gasteiger partial charge on any atom is -0.293 e. The van der Waals surface area contributed by atoms with Crippen molar-refractivity contribution in [2.24, 2.45) is 0 Å². The first-order valence-electron chi connectivity index (χ1n) is 7.48. The predicted octanol–water partition coefficient (Wildman–Crippen LogP) is 4.81. The second-order valence-corrected chi connectivity index (χ2v) is 7.03. The van der Waals surface area contributed by atoms with Gasteiger partial charge in [0.15, 0.2) is 0 Å². The van der Waals surface area contributed by atoms with Crippen LogP contribution >= 0.6 is 27.3 Å². The van der Waals surface area contributed by atoms with Crippen LogP contribution in [0.15, 0.2) is 38.9 Å². The molecular weight excluding hydrogens is 379 g/mol. The highest BCUT2D eigenvalue weighted by Crippen LogP contribution is 2.31. The van der Waals surface area contributed by atoms with Crippen molar-refractivity contribution in [3.63, 3.8) is 0 Å². The molecule has 3 nitrogen and oxygen atoms in total. The first kappa shape index (κ1) is 16.3. The number of thiophene rings is 1. The maximum atomic E-state index is 12.9. The van der Waals surface area contributed by atoms with Gasteiger partial charge in [-0.05, 0) is 24.1 Å². The average molecular weight is 395 g/mol. The Kier molecular flexibility index (Phi) is 4.92. The fraction of sp³-hybridized carbons (Fsp3) is 0.294. The molecule has 3 aromatic rings. The minimum atomic E-state index is -0.568. The lowest BCUT2D eigenvalue weighted by Crippen LogP contribution is -2.26. The molecule has 0 fully saturated rings. The van der Waals surface area contributed by atoms with Crippen LogP contribution in [0.1, 0.15) is 19.2 Å². The molecule has 0 aliphatic heterocycles. The van der Waals surface area contributed by atoms with Gasteiger partial charge in [0.05, 0.1) is 11.9 Å². The largest absolute Gasteiger partial charge is 0.293 e. The fourth-order valence-corrected chi connectivity index (χ4v) is 3.86. The van der Waals surface area contributed by atoms with E-state index in [0.29, 0.717) is 17.6 Å². The van der Waals surface area contributed by atoms with E-state index in [4.69, 9.17) is 0 Å². The Bertz CT molecular complexity index is 886. The molecule has 0 saturated heterocycles. The summed E-state index contributed by atoms with van der Waals surface area (Å²) >= 11 is 4.88. The van der Waals surface area contributed by atoms with Gasteiger partial charge in [-0.25, -0.2) is 9.37 Å². The van der Waals surface area contributed by atoms with Crippen molar-refractivity contribution in [2.45, 2.75) is 26.3 Å². The number of rotatable bonds is 5. The van der Waals surface area contributed by atoms with Gasteiger partial charge < -0.3 is 0 Å². The van der Waals surface area contributed by atoms with Crippen molar-refractivity contribution in [3.8, 4) is 11.1 Å². The minimum absolute atomic E-state index is 0.0622. The molecule has 2 aromatic heterocycles. The van der Waals surface area contributed by atoms with E-state index in [-0.39, 0.29) is 12.1 Å². The highest BCUT2D eigenvalue weighted by Gasteiger charge is 2.16. The second kappa shape index (κ2) is 6.93. The number of alkyl halides is 1. The van der Waals surface area contributed by atoms with Crippen LogP contribution in [0.5, 0.6) is 0 Å². The number of hydrogen-bond donors (Lipinski definition) is 0. The molecule has 0 aliphatic carbocycles. The quantitative estimate of drug-likeness (QED) is 0.622. The van der Waals surface area contributed by atoms with Crippen LogP contribution < -0.4 is 5.56 Å². The molecule has 0 radical (unpaired) electrons. The van der Waals surface area contributed by atoms with Gasteiger partial charge in [-0.2, -0.15) is 0 Å². The first-order valence-corrected chi connectivity index (χ1v) is 9.15. The Morgan fingerprint density at radius 2 is 2.04 bits per heavy atom. The number of halogens is 2. The molecule has 0 aliphatic rings. The van der Waals surface area contributed by atoms with Crippen LogP contribution in [0.2, 0.25) is 0 Å². The lowest BCUT2D eigenvalue weighted by molar-refractivity contribution is 0.431. The normalized spacial score (nSPS) is 11.3. The summed E-state index contributed by atoms with van der Waals surface area (Å²) in [6.07, 6.45) is 1.55. The van der Waals surface area contributed by atoms with E-state index in [1.807, 2.05) is 36.6 Å². The van der Waals surface area contributed by atoms with E-state index in [2.05, 4.69) is 20.9 Å². The first-order chi connectivity index (χ1) is 11.2. The van der Waals surface area contributed by atoms with Crippen molar-refractivity contribution in [2.75, 3.05) is 6.67 Å². The summed E-state index contributed by atoms with van der Waals surface area (Å²) in [4.78, 5) is 18.2. The van der Waals surface area contributed by atoms with Gasteiger partial charge in [-0.15, -0.1) is 11.3 Å². The standard InChI is InChI=1S/C17H16BrFN2OS/c1-2-3-14-20-16-15(17(22)21(14)9-8-19)13(10-23-16)11-4-6-12(18)7-5-11/h4-7,10H,2-3,8-9H2,1H3. The summed E-state index contributed by atoms with van der Waals surface area (Å²) in [5.74, 6) is 0.673. The summed E-state index contributed by atoms with van der Waals surface area (Å²) in [6, 6.07) is 7.81. The Hall–Kier alpha value is -1.53. The van der Waals surface area contributed by atoms with E-state index in [0.717, 1.165) is 26.9 Å². The zero-order valence-corrected chi connectivity index (χ0v) is 15.1. The number of benzene rings is 1. The van der Waals surface area contributed by atoms with Crippen LogP contribution in [0, 0.1) is 0 Å². The molecule has 0 atom stereocenters. The lowest BCUT2D eigenvalue weighted by Gasteiger charge is -2.10. The second-order valence-electron chi connectivity index (χ2n) is 5.26. The molecule has 120 valence electrons.